The Morgan fingerprint density at radius 2 is 1.85 bits per heavy atom. The summed E-state index contributed by atoms with van der Waals surface area (Å²) in [7, 11) is 3.32. The van der Waals surface area contributed by atoms with Gasteiger partial charge in [-0.3, -0.25) is 4.79 Å². The highest BCUT2D eigenvalue weighted by Gasteiger charge is 2.47. The highest BCUT2D eigenvalue weighted by atomic mass is 16.5. The summed E-state index contributed by atoms with van der Waals surface area (Å²) in [4.78, 5) is 15.9. The van der Waals surface area contributed by atoms with Gasteiger partial charge in [-0.15, -0.1) is 0 Å². The first-order valence-corrected chi connectivity index (χ1v) is 12.0. The van der Waals surface area contributed by atoms with E-state index >= 15 is 0 Å². The summed E-state index contributed by atoms with van der Waals surface area (Å²) in [5, 5.41) is 10.4. The van der Waals surface area contributed by atoms with Gasteiger partial charge in [0.05, 0.1) is 13.7 Å². The number of hydrogen-bond acceptors (Lipinski definition) is 6. The molecule has 0 saturated carbocycles. The molecule has 0 amide bonds. The van der Waals surface area contributed by atoms with Crippen LogP contribution in [0.4, 0.5) is 0 Å². The summed E-state index contributed by atoms with van der Waals surface area (Å²) in [6, 6.07) is 4.12. The fraction of sp³-hybridized carbons (Fsp3) is 0.464. The Kier molecular flexibility index (Phi) is 6.63. The van der Waals surface area contributed by atoms with Gasteiger partial charge in [0.2, 0.25) is 0 Å². The van der Waals surface area contributed by atoms with Gasteiger partial charge in [-0.2, -0.15) is 0 Å². The van der Waals surface area contributed by atoms with Crippen LogP contribution in [0, 0.1) is 19.8 Å². The number of methoxy groups -OCH3 is 2. The van der Waals surface area contributed by atoms with Crippen molar-refractivity contribution in [3.63, 3.8) is 0 Å². The second-order valence-electron chi connectivity index (χ2n) is 9.18. The van der Waals surface area contributed by atoms with E-state index in [9.17, 15) is 9.90 Å². The number of phenols is 1. The molecule has 0 bridgehead atoms. The molecule has 0 radical (unpaired) electrons. The Balaban J connectivity index is 2.01. The lowest BCUT2D eigenvalue weighted by Crippen LogP contribution is -2.38. The summed E-state index contributed by atoms with van der Waals surface area (Å²) in [6.07, 6.45) is 5.49. The minimum absolute atomic E-state index is 0.170. The van der Waals surface area contributed by atoms with Crippen molar-refractivity contribution in [2.75, 3.05) is 20.8 Å². The molecular formula is C28H35NO5. The van der Waals surface area contributed by atoms with E-state index in [1.54, 1.807) is 14.2 Å². The van der Waals surface area contributed by atoms with Crippen molar-refractivity contribution < 1.29 is 24.1 Å². The number of rotatable bonds is 6. The lowest BCUT2D eigenvalue weighted by molar-refractivity contribution is -0.145. The normalized spacial score (nSPS) is 24.0. The summed E-state index contributed by atoms with van der Waals surface area (Å²) in [5.41, 5.74) is 7.73. The maximum atomic E-state index is 13.6. The molecule has 1 aliphatic carbocycles. The monoisotopic (exact) mass is 465 g/mol. The Hall–Kier alpha value is -2.99. The smallest absolute Gasteiger partial charge is 0.319 e. The van der Waals surface area contributed by atoms with E-state index in [0.717, 1.165) is 57.6 Å². The van der Waals surface area contributed by atoms with Crippen LogP contribution in [0.25, 0.3) is 5.57 Å². The van der Waals surface area contributed by atoms with Crippen LogP contribution in [-0.4, -0.2) is 48.9 Å². The number of hydrogen-bond donors (Lipinski definition) is 1. The minimum atomic E-state index is -0.562. The van der Waals surface area contributed by atoms with E-state index in [1.807, 2.05) is 39.0 Å². The van der Waals surface area contributed by atoms with E-state index in [1.165, 1.54) is 0 Å². The van der Waals surface area contributed by atoms with Crippen molar-refractivity contribution in [1.29, 1.82) is 0 Å². The van der Waals surface area contributed by atoms with Gasteiger partial charge in [0.1, 0.15) is 23.5 Å². The SMILES string of the molecule is CCOC(=O)C1C(c2cc(C)c(O)c(C)c2)=C(CC)N2C1=C1C=C(OC)C(OC)C=C1CC2C. The standard InChI is InChI=1S/C28H35NO5/c1-8-21-24(19-10-15(3)27(30)16(4)11-19)25(28(31)34-9-2)26-20-14-23(33-7)22(32-6)13-18(20)12-17(5)29(21)26/h10-11,13-14,17,22,25,30H,8-9,12H2,1-7H3. The summed E-state index contributed by atoms with van der Waals surface area (Å²) in [6.45, 7) is 10.3. The molecule has 0 saturated heterocycles. The quantitative estimate of drug-likeness (QED) is 0.586. The van der Waals surface area contributed by atoms with Crippen molar-refractivity contribution in [3.05, 3.63) is 69.3 Å². The van der Waals surface area contributed by atoms with Crippen LogP contribution < -0.4 is 0 Å². The zero-order valence-corrected chi connectivity index (χ0v) is 21.2. The number of phenolic OH excluding ortho intramolecular Hbond substituents is 1. The number of aryl methyl sites for hydroxylation is 2. The van der Waals surface area contributed by atoms with Crippen LogP contribution in [0.3, 0.4) is 0 Å². The molecule has 3 atom stereocenters. The third kappa shape index (κ3) is 3.74. The summed E-state index contributed by atoms with van der Waals surface area (Å²) in [5.74, 6) is 0.185. The maximum absolute atomic E-state index is 13.6. The molecule has 2 heterocycles. The maximum Gasteiger partial charge on any atom is 0.319 e. The number of nitrogens with zero attached hydrogens (tertiary/aromatic N) is 1. The lowest BCUT2D eigenvalue weighted by atomic mass is 9.82. The van der Waals surface area contributed by atoms with Gasteiger partial charge in [0, 0.05) is 30.1 Å². The first kappa shape index (κ1) is 24.1. The lowest BCUT2D eigenvalue weighted by Gasteiger charge is -2.40. The molecular weight excluding hydrogens is 430 g/mol. The van der Waals surface area contributed by atoms with Gasteiger partial charge >= 0.3 is 5.97 Å². The predicted molar refractivity (Wildman–Crippen MR) is 132 cm³/mol. The Morgan fingerprint density at radius 3 is 2.41 bits per heavy atom. The van der Waals surface area contributed by atoms with E-state index in [4.69, 9.17) is 14.2 Å². The van der Waals surface area contributed by atoms with Crippen LogP contribution in [0.2, 0.25) is 0 Å². The van der Waals surface area contributed by atoms with E-state index < -0.39 is 5.92 Å². The predicted octanol–water partition coefficient (Wildman–Crippen LogP) is 5.16. The first-order chi connectivity index (χ1) is 16.3. The zero-order valence-electron chi connectivity index (χ0n) is 21.2. The number of carbonyl (C=O) groups excluding carboxylic acids is 1. The molecule has 182 valence electrons. The van der Waals surface area contributed by atoms with Crippen LogP contribution in [-0.2, 0) is 19.0 Å². The van der Waals surface area contributed by atoms with Gasteiger partial charge in [-0.25, -0.2) is 0 Å². The van der Waals surface area contributed by atoms with E-state index in [-0.39, 0.29) is 23.9 Å². The second-order valence-corrected chi connectivity index (χ2v) is 9.18. The fourth-order valence-corrected chi connectivity index (χ4v) is 5.62. The molecule has 0 aromatic heterocycles. The topological polar surface area (TPSA) is 68.2 Å². The number of ether oxygens (including phenoxy) is 3. The largest absolute Gasteiger partial charge is 0.507 e. The van der Waals surface area contributed by atoms with Crippen LogP contribution in [0.1, 0.15) is 50.3 Å². The molecule has 0 fully saturated rings. The Morgan fingerprint density at radius 1 is 1.18 bits per heavy atom. The van der Waals surface area contributed by atoms with E-state index in [2.05, 4.69) is 24.8 Å². The molecule has 1 aromatic rings. The molecule has 1 N–H and O–H groups in total. The van der Waals surface area contributed by atoms with Crippen LogP contribution in [0.5, 0.6) is 5.75 Å². The highest BCUT2D eigenvalue weighted by Crippen LogP contribution is 2.52. The van der Waals surface area contributed by atoms with Gasteiger partial charge in [0.25, 0.3) is 0 Å². The second kappa shape index (κ2) is 9.34. The van der Waals surface area contributed by atoms with Crippen molar-refractivity contribution in [1.82, 2.24) is 4.90 Å². The van der Waals surface area contributed by atoms with E-state index in [0.29, 0.717) is 12.4 Å². The van der Waals surface area contributed by atoms with Gasteiger partial charge in [0.15, 0.2) is 0 Å². The van der Waals surface area contributed by atoms with Crippen LogP contribution in [0.15, 0.2) is 52.6 Å². The molecule has 0 spiro atoms. The zero-order chi connectivity index (χ0) is 24.7. The molecule has 1 aromatic carbocycles. The van der Waals surface area contributed by atoms with Gasteiger partial charge in [-0.05, 0) is 92.7 Å². The number of carbonyl (C=O) groups is 1. The Labute approximate surface area is 202 Å². The molecule has 4 rings (SSSR count). The van der Waals surface area contributed by atoms with Crippen LogP contribution >= 0.6 is 0 Å². The minimum Gasteiger partial charge on any atom is -0.507 e. The van der Waals surface area contributed by atoms with Crippen molar-refractivity contribution in [3.8, 4) is 5.75 Å². The average molecular weight is 466 g/mol. The number of allylic oxidation sites excluding steroid dienone is 3. The molecule has 2 aliphatic heterocycles. The third-order valence-electron chi connectivity index (χ3n) is 7.07. The number of benzene rings is 1. The first-order valence-electron chi connectivity index (χ1n) is 12.0. The number of aromatic hydroxyl groups is 1. The van der Waals surface area contributed by atoms with Crippen molar-refractivity contribution in [2.45, 2.75) is 59.6 Å². The number of esters is 1. The van der Waals surface area contributed by atoms with Gasteiger partial charge < -0.3 is 24.2 Å². The van der Waals surface area contributed by atoms with Gasteiger partial charge in [-0.1, -0.05) is 6.92 Å². The van der Waals surface area contributed by atoms with Crippen molar-refractivity contribution >= 4 is 11.5 Å². The third-order valence-corrected chi connectivity index (χ3v) is 7.07. The summed E-state index contributed by atoms with van der Waals surface area (Å²) >= 11 is 0. The summed E-state index contributed by atoms with van der Waals surface area (Å²) < 4.78 is 16.9. The average Bonchev–Trinajstić information content (AvgIpc) is 3.17. The highest BCUT2D eigenvalue weighted by molar-refractivity contribution is 5.96. The van der Waals surface area contributed by atoms with Crippen molar-refractivity contribution in [2.24, 2.45) is 5.92 Å². The number of fused-ring (bicyclic) bond motifs is 2. The molecule has 6 nitrogen and oxygen atoms in total. The fourth-order valence-electron chi connectivity index (χ4n) is 5.62. The molecule has 3 unspecified atom stereocenters. The Bertz CT molecular complexity index is 1120. The molecule has 6 heteroatoms. The molecule has 3 aliphatic rings. The molecule has 34 heavy (non-hydrogen) atoms.